The highest BCUT2D eigenvalue weighted by Crippen LogP contribution is 2.16. The van der Waals surface area contributed by atoms with Gasteiger partial charge in [-0.15, -0.1) is 24.7 Å². The zero-order chi connectivity index (χ0) is 23.3. The number of terminal acetylenes is 2. The predicted molar refractivity (Wildman–Crippen MR) is 112 cm³/mol. The molecule has 0 aromatic rings. The Morgan fingerprint density at radius 2 is 1.20 bits per heavy atom. The standard InChI is InChI=1S/C22H31ClO7/c1-8-17(14(3)4)10-20(24)27-12-19(30-22(26)29-16(7)23)13-28-21(25)11-18(9-2)15(5)6/h1-2,14-19H,10-13H2,3-7H3. The molecule has 0 rings (SSSR count). The molecule has 0 bridgehead atoms. The van der Waals surface area contributed by atoms with Crippen LogP contribution >= 0.6 is 11.6 Å². The molecule has 0 amide bonds. The van der Waals surface area contributed by atoms with Crippen LogP contribution in [0.2, 0.25) is 0 Å². The molecule has 0 saturated carbocycles. The van der Waals surface area contributed by atoms with E-state index in [1.54, 1.807) is 0 Å². The number of carbonyl (C=O) groups is 3. The summed E-state index contributed by atoms with van der Waals surface area (Å²) in [5.74, 6) is 3.59. The second-order valence-electron chi connectivity index (χ2n) is 7.46. The third kappa shape index (κ3) is 12.2. The van der Waals surface area contributed by atoms with Gasteiger partial charge in [-0.05, 0) is 18.8 Å². The van der Waals surface area contributed by atoms with Crippen molar-refractivity contribution in [1.82, 2.24) is 0 Å². The second kappa shape index (κ2) is 14.6. The van der Waals surface area contributed by atoms with Crippen molar-refractivity contribution < 1.29 is 33.3 Å². The zero-order valence-corrected chi connectivity index (χ0v) is 18.9. The van der Waals surface area contributed by atoms with Crippen molar-refractivity contribution in [2.75, 3.05) is 13.2 Å². The minimum absolute atomic E-state index is 0.0159. The molecule has 0 aliphatic rings. The monoisotopic (exact) mass is 442 g/mol. The van der Waals surface area contributed by atoms with Crippen LogP contribution in [0.25, 0.3) is 0 Å². The van der Waals surface area contributed by atoms with Crippen LogP contribution in [0.15, 0.2) is 0 Å². The maximum Gasteiger partial charge on any atom is 0.510 e. The summed E-state index contributed by atoms with van der Waals surface area (Å²) in [6, 6.07) is 0. The van der Waals surface area contributed by atoms with Crippen LogP contribution in [0.3, 0.4) is 0 Å². The molecule has 8 heteroatoms. The number of hydrogen-bond donors (Lipinski definition) is 0. The van der Waals surface area contributed by atoms with Crippen molar-refractivity contribution >= 4 is 29.7 Å². The molecule has 3 unspecified atom stereocenters. The largest absolute Gasteiger partial charge is 0.510 e. The topological polar surface area (TPSA) is 88.1 Å². The van der Waals surface area contributed by atoms with Gasteiger partial charge in [0.25, 0.3) is 0 Å². The average molecular weight is 443 g/mol. The highest BCUT2D eigenvalue weighted by atomic mass is 35.5. The number of halogens is 1. The van der Waals surface area contributed by atoms with Crippen molar-refractivity contribution in [3.63, 3.8) is 0 Å². The summed E-state index contributed by atoms with van der Waals surface area (Å²) >= 11 is 5.59. The van der Waals surface area contributed by atoms with E-state index in [2.05, 4.69) is 11.8 Å². The van der Waals surface area contributed by atoms with E-state index in [-0.39, 0.29) is 49.7 Å². The van der Waals surface area contributed by atoms with Crippen LogP contribution < -0.4 is 0 Å². The Labute approximate surface area is 184 Å². The van der Waals surface area contributed by atoms with Gasteiger partial charge in [-0.25, -0.2) is 4.79 Å². The third-order valence-corrected chi connectivity index (χ3v) is 4.28. The van der Waals surface area contributed by atoms with Crippen LogP contribution in [0.4, 0.5) is 4.79 Å². The second-order valence-corrected chi connectivity index (χ2v) is 8.07. The lowest BCUT2D eigenvalue weighted by molar-refractivity contribution is -0.154. The Kier molecular flexibility index (Phi) is 13.4. The molecule has 0 radical (unpaired) electrons. The summed E-state index contributed by atoms with van der Waals surface area (Å²) in [5.41, 5.74) is -0.923. The van der Waals surface area contributed by atoms with E-state index in [9.17, 15) is 14.4 Å². The molecule has 0 aromatic carbocycles. The molecule has 0 aliphatic carbocycles. The maximum atomic E-state index is 12.0. The molecule has 0 aromatic heterocycles. The SMILES string of the molecule is C#CC(CC(=O)OCC(COC(=O)CC(C#C)C(C)C)OC(=O)OC(C)Cl)C(C)C. The molecule has 0 saturated heterocycles. The van der Waals surface area contributed by atoms with Gasteiger partial charge in [-0.3, -0.25) is 9.59 Å². The smallest absolute Gasteiger partial charge is 0.462 e. The minimum atomic E-state index is -1.08. The van der Waals surface area contributed by atoms with Gasteiger partial charge in [-0.2, -0.15) is 0 Å². The van der Waals surface area contributed by atoms with E-state index >= 15 is 0 Å². The highest BCUT2D eigenvalue weighted by molar-refractivity contribution is 6.19. The summed E-state index contributed by atoms with van der Waals surface area (Å²) in [5, 5.41) is 0. The molecule has 3 atom stereocenters. The lowest BCUT2D eigenvalue weighted by Crippen LogP contribution is -2.32. The van der Waals surface area contributed by atoms with Crippen LogP contribution in [-0.2, 0) is 28.5 Å². The molecule has 168 valence electrons. The Balaban J connectivity index is 4.85. The maximum absolute atomic E-state index is 12.0. The van der Waals surface area contributed by atoms with Crippen LogP contribution in [0.1, 0.15) is 47.5 Å². The molecule has 30 heavy (non-hydrogen) atoms. The Hall–Kier alpha value is -2.38. The Morgan fingerprint density at radius 3 is 1.50 bits per heavy atom. The number of ether oxygens (including phenoxy) is 4. The summed E-state index contributed by atoms with van der Waals surface area (Å²) in [6.45, 7) is 8.34. The van der Waals surface area contributed by atoms with Crippen molar-refractivity contribution in [1.29, 1.82) is 0 Å². The first-order valence-electron chi connectivity index (χ1n) is 9.74. The molecule has 0 heterocycles. The van der Waals surface area contributed by atoms with Gasteiger partial charge < -0.3 is 18.9 Å². The lowest BCUT2D eigenvalue weighted by atomic mass is 9.94. The quantitative estimate of drug-likeness (QED) is 0.197. The third-order valence-electron chi connectivity index (χ3n) is 4.19. The number of carbonyl (C=O) groups excluding carboxylic acids is 3. The molecule has 0 spiro atoms. The van der Waals surface area contributed by atoms with Gasteiger partial charge in [0.1, 0.15) is 13.2 Å². The Morgan fingerprint density at radius 1 is 0.800 bits per heavy atom. The zero-order valence-electron chi connectivity index (χ0n) is 18.2. The van der Waals surface area contributed by atoms with E-state index in [1.807, 2.05) is 27.7 Å². The molecule has 0 aliphatic heterocycles. The highest BCUT2D eigenvalue weighted by Gasteiger charge is 2.24. The summed E-state index contributed by atoms with van der Waals surface area (Å²) in [6.07, 6.45) is 8.71. The predicted octanol–water partition coefficient (Wildman–Crippen LogP) is 3.77. The average Bonchev–Trinajstić information content (AvgIpc) is 2.64. The molecule has 0 fully saturated rings. The van der Waals surface area contributed by atoms with Crippen LogP contribution in [0.5, 0.6) is 0 Å². The minimum Gasteiger partial charge on any atom is -0.462 e. The first kappa shape index (κ1) is 27.6. The van der Waals surface area contributed by atoms with Gasteiger partial charge >= 0.3 is 18.1 Å². The van der Waals surface area contributed by atoms with Gasteiger partial charge in [0, 0.05) is 11.8 Å². The van der Waals surface area contributed by atoms with Gasteiger partial charge in [0.2, 0.25) is 0 Å². The lowest BCUT2D eigenvalue weighted by Gasteiger charge is -2.20. The van der Waals surface area contributed by atoms with Crippen LogP contribution in [-0.4, -0.2) is 43.0 Å². The molecular formula is C22H31ClO7. The van der Waals surface area contributed by atoms with E-state index in [0.717, 1.165) is 0 Å². The van der Waals surface area contributed by atoms with Crippen molar-refractivity contribution in [3.05, 3.63) is 0 Å². The fraction of sp³-hybridized carbons (Fsp3) is 0.682. The fourth-order valence-electron chi connectivity index (χ4n) is 2.24. The number of rotatable bonds is 12. The Bertz CT molecular complexity index is 599. The number of esters is 2. The van der Waals surface area contributed by atoms with E-state index in [4.69, 9.17) is 43.4 Å². The molecule has 7 nitrogen and oxygen atoms in total. The van der Waals surface area contributed by atoms with E-state index in [0.29, 0.717) is 0 Å². The van der Waals surface area contributed by atoms with E-state index in [1.165, 1.54) is 6.92 Å². The summed E-state index contributed by atoms with van der Waals surface area (Å²) < 4.78 is 20.0. The molecular weight excluding hydrogens is 412 g/mol. The first-order valence-corrected chi connectivity index (χ1v) is 10.2. The van der Waals surface area contributed by atoms with Crippen molar-refractivity contribution in [2.24, 2.45) is 23.7 Å². The summed E-state index contributed by atoms with van der Waals surface area (Å²) in [4.78, 5) is 35.8. The normalized spacial score (nSPS) is 14.6. The van der Waals surface area contributed by atoms with Crippen molar-refractivity contribution in [2.45, 2.75) is 59.1 Å². The van der Waals surface area contributed by atoms with Gasteiger partial charge in [-0.1, -0.05) is 39.3 Å². The fourth-order valence-corrected chi connectivity index (χ4v) is 2.31. The van der Waals surface area contributed by atoms with Crippen LogP contribution in [0, 0.1) is 48.4 Å². The first-order chi connectivity index (χ1) is 14.0. The summed E-state index contributed by atoms with van der Waals surface area (Å²) in [7, 11) is 0. The molecule has 0 N–H and O–H groups in total. The van der Waals surface area contributed by atoms with Crippen molar-refractivity contribution in [3.8, 4) is 24.7 Å². The van der Waals surface area contributed by atoms with Gasteiger partial charge in [0.15, 0.2) is 11.7 Å². The van der Waals surface area contributed by atoms with Gasteiger partial charge in [0.05, 0.1) is 12.8 Å². The number of alkyl halides is 1. The number of hydrogen-bond acceptors (Lipinski definition) is 7. The van der Waals surface area contributed by atoms with E-state index < -0.39 is 29.8 Å².